The highest BCUT2D eigenvalue weighted by Crippen LogP contribution is 2.20. The molecule has 2 rings (SSSR count). The second kappa shape index (κ2) is 7.01. The predicted octanol–water partition coefficient (Wildman–Crippen LogP) is 3.33. The van der Waals surface area contributed by atoms with Gasteiger partial charge in [-0.3, -0.25) is 4.98 Å². The van der Waals surface area contributed by atoms with E-state index in [4.69, 9.17) is 4.74 Å². The van der Waals surface area contributed by atoms with Crippen LogP contribution in [0, 0.1) is 0 Å². The van der Waals surface area contributed by atoms with E-state index in [1.165, 1.54) is 5.56 Å². The van der Waals surface area contributed by atoms with E-state index in [0.717, 1.165) is 17.9 Å². The third kappa shape index (κ3) is 4.31. The number of benzene rings is 1. The van der Waals surface area contributed by atoms with E-state index < -0.39 is 0 Å². The number of aryl methyl sites for hydroxylation is 1. The summed E-state index contributed by atoms with van der Waals surface area (Å²) in [5.74, 6) is 1.33. The molecule has 0 aliphatic carbocycles. The van der Waals surface area contributed by atoms with Crippen LogP contribution >= 0.6 is 0 Å². The maximum absolute atomic E-state index is 5.77. The van der Waals surface area contributed by atoms with Crippen LogP contribution in [0.15, 0.2) is 36.7 Å². The number of ether oxygens (including phenoxy) is 1. The second-order valence-electron chi connectivity index (χ2n) is 4.99. The van der Waals surface area contributed by atoms with Gasteiger partial charge in [0.2, 0.25) is 5.88 Å². The van der Waals surface area contributed by atoms with Crippen LogP contribution in [0.1, 0.15) is 32.0 Å². The lowest BCUT2D eigenvalue weighted by Crippen LogP contribution is -2.22. The molecule has 0 saturated heterocycles. The third-order valence-corrected chi connectivity index (χ3v) is 2.88. The highest BCUT2D eigenvalue weighted by molar-refractivity contribution is 5.31. The molecule has 1 aromatic heterocycles. The van der Waals surface area contributed by atoms with Gasteiger partial charge in [-0.2, -0.15) is 0 Å². The Labute approximate surface area is 120 Å². The Balaban J connectivity index is 2.06. The number of rotatable bonds is 6. The van der Waals surface area contributed by atoms with Gasteiger partial charge < -0.3 is 10.1 Å². The summed E-state index contributed by atoms with van der Waals surface area (Å²) in [6.45, 7) is 7.02. The van der Waals surface area contributed by atoms with Gasteiger partial charge >= 0.3 is 0 Å². The molecule has 4 heteroatoms. The van der Waals surface area contributed by atoms with Crippen LogP contribution in [0.5, 0.6) is 11.6 Å². The Bertz CT molecular complexity index is 555. The molecule has 0 aliphatic heterocycles. The molecule has 2 aromatic rings. The van der Waals surface area contributed by atoms with Crippen molar-refractivity contribution in [3.63, 3.8) is 0 Å². The molecule has 0 fully saturated rings. The summed E-state index contributed by atoms with van der Waals surface area (Å²) in [6.07, 6.45) is 4.38. The van der Waals surface area contributed by atoms with Gasteiger partial charge in [0.1, 0.15) is 5.75 Å². The number of nitrogens with zero attached hydrogens (tertiary/aromatic N) is 2. The molecule has 0 aliphatic rings. The van der Waals surface area contributed by atoms with Crippen molar-refractivity contribution >= 4 is 0 Å². The Hall–Kier alpha value is -1.94. The Kier molecular flexibility index (Phi) is 5.07. The third-order valence-electron chi connectivity index (χ3n) is 2.88. The maximum Gasteiger partial charge on any atom is 0.238 e. The van der Waals surface area contributed by atoms with Crippen molar-refractivity contribution in [2.45, 2.75) is 39.8 Å². The average molecular weight is 271 g/mol. The molecule has 0 atom stereocenters. The molecule has 4 nitrogen and oxygen atoms in total. The second-order valence-corrected chi connectivity index (χ2v) is 4.99. The summed E-state index contributed by atoms with van der Waals surface area (Å²) in [7, 11) is 0. The van der Waals surface area contributed by atoms with Crippen LogP contribution in [-0.4, -0.2) is 16.0 Å². The van der Waals surface area contributed by atoms with Crippen molar-refractivity contribution in [3.05, 3.63) is 47.9 Å². The van der Waals surface area contributed by atoms with Gasteiger partial charge in [0.25, 0.3) is 0 Å². The van der Waals surface area contributed by atoms with Crippen molar-refractivity contribution in [3.8, 4) is 11.6 Å². The summed E-state index contributed by atoms with van der Waals surface area (Å²) in [5, 5.41) is 3.31. The van der Waals surface area contributed by atoms with Crippen LogP contribution < -0.4 is 10.1 Å². The highest BCUT2D eigenvalue weighted by atomic mass is 16.5. The number of aromatic nitrogens is 2. The van der Waals surface area contributed by atoms with E-state index in [-0.39, 0.29) is 0 Å². The van der Waals surface area contributed by atoms with Crippen LogP contribution in [0.2, 0.25) is 0 Å². The smallest absolute Gasteiger partial charge is 0.238 e. The largest absolute Gasteiger partial charge is 0.437 e. The SMILES string of the molecule is CCc1cccc(Oc2cncc(CNC(C)C)n2)c1. The summed E-state index contributed by atoms with van der Waals surface area (Å²) >= 11 is 0. The normalized spacial score (nSPS) is 10.8. The van der Waals surface area contributed by atoms with Crippen molar-refractivity contribution in [1.29, 1.82) is 0 Å². The van der Waals surface area contributed by atoms with Gasteiger partial charge in [0, 0.05) is 18.8 Å². The molecule has 0 unspecified atom stereocenters. The first-order chi connectivity index (χ1) is 9.67. The first-order valence-electron chi connectivity index (χ1n) is 6.98. The zero-order chi connectivity index (χ0) is 14.4. The molecule has 0 spiro atoms. The molecule has 0 radical (unpaired) electrons. The van der Waals surface area contributed by atoms with E-state index >= 15 is 0 Å². The van der Waals surface area contributed by atoms with E-state index in [1.54, 1.807) is 12.4 Å². The van der Waals surface area contributed by atoms with Crippen molar-refractivity contribution in [2.24, 2.45) is 0 Å². The maximum atomic E-state index is 5.77. The topological polar surface area (TPSA) is 47.0 Å². The van der Waals surface area contributed by atoms with Crippen LogP contribution in [0.25, 0.3) is 0 Å². The molecule has 0 amide bonds. The van der Waals surface area contributed by atoms with Crippen LogP contribution in [-0.2, 0) is 13.0 Å². The van der Waals surface area contributed by atoms with Gasteiger partial charge in [-0.1, -0.05) is 32.9 Å². The lowest BCUT2D eigenvalue weighted by atomic mass is 10.2. The summed E-state index contributed by atoms with van der Waals surface area (Å²) in [5.41, 5.74) is 2.12. The van der Waals surface area contributed by atoms with E-state index in [0.29, 0.717) is 18.5 Å². The summed E-state index contributed by atoms with van der Waals surface area (Å²) < 4.78 is 5.77. The average Bonchev–Trinajstić information content (AvgIpc) is 2.46. The summed E-state index contributed by atoms with van der Waals surface area (Å²) in [4.78, 5) is 8.62. The summed E-state index contributed by atoms with van der Waals surface area (Å²) in [6, 6.07) is 8.45. The van der Waals surface area contributed by atoms with Gasteiger partial charge in [0.05, 0.1) is 11.9 Å². The lowest BCUT2D eigenvalue weighted by Gasteiger charge is -2.09. The molecule has 106 valence electrons. The number of hydrogen-bond donors (Lipinski definition) is 1. The minimum atomic E-state index is 0.419. The van der Waals surface area contributed by atoms with Gasteiger partial charge in [-0.05, 0) is 24.1 Å². The van der Waals surface area contributed by atoms with Crippen molar-refractivity contribution in [1.82, 2.24) is 15.3 Å². The number of hydrogen-bond acceptors (Lipinski definition) is 4. The lowest BCUT2D eigenvalue weighted by molar-refractivity contribution is 0.454. The van der Waals surface area contributed by atoms with E-state index in [9.17, 15) is 0 Å². The van der Waals surface area contributed by atoms with E-state index in [1.807, 2.05) is 18.2 Å². The standard InChI is InChI=1S/C16H21N3O/c1-4-13-6-5-7-15(8-13)20-16-11-17-9-14(19-16)10-18-12(2)3/h5-9,11-12,18H,4,10H2,1-3H3. The molecular weight excluding hydrogens is 250 g/mol. The molecule has 0 saturated carbocycles. The Morgan fingerprint density at radius 3 is 2.85 bits per heavy atom. The van der Waals surface area contributed by atoms with Gasteiger partial charge in [0.15, 0.2) is 0 Å². The highest BCUT2D eigenvalue weighted by Gasteiger charge is 2.03. The fourth-order valence-electron chi connectivity index (χ4n) is 1.78. The van der Waals surface area contributed by atoms with Gasteiger partial charge in [-0.15, -0.1) is 0 Å². The number of nitrogens with one attached hydrogen (secondary N) is 1. The van der Waals surface area contributed by atoms with Crippen molar-refractivity contribution in [2.75, 3.05) is 0 Å². The fraction of sp³-hybridized carbons (Fsp3) is 0.375. The zero-order valence-electron chi connectivity index (χ0n) is 12.3. The predicted molar refractivity (Wildman–Crippen MR) is 79.9 cm³/mol. The quantitative estimate of drug-likeness (QED) is 0.875. The minimum absolute atomic E-state index is 0.419. The first kappa shape index (κ1) is 14.5. The van der Waals surface area contributed by atoms with Crippen molar-refractivity contribution < 1.29 is 4.74 Å². The Morgan fingerprint density at radius 1 is 1.25 bits per heavy atom. The van der Waals surface area contributed by atoms with Gasteiger partial charge in [-0.25, -0.2) is 4.98 Å². The molecule has 1 heterocycles. The van der Waals surface area contributed by atoms with Crippen LogP contribution in [0.4, 0.5) is 0 Å². The molecular formula is C16H21N3O. The Morgan fingerprint density at radius 2 is 2.10 bits per heavy atom. The molecule has 1 aromatic carbocycles. The molecule has 20 heavy (non-hydrogen) atoms. The monoisotopic (exact) mass is 271 g/mol. The molecule has 0 bridgehead atoms. The zero-order valence-corrected chi connectivity index (χ0v) is 12.3. The molecule has 1 N–H and O–H groups in total. The fourth-order valence-corrected chi connectivity index (χ4v) is 1.78. The first-order valence-corrected chi connectivity index (χ1v) is 6.98. The van der Waals surface area contributed by atoms with E-state index in [2.05, 4.69) is 42.1 Å². The minimum Gasteiger partial charge on any atom is -0.437 e. The van der Waals surface area contributed by atoms with Crippen LogP contribution in [0.3, 0.4) is 0 Å².